The molecule has 9 nitrogen and oxygen atoms in total. The minimum atomic E-state index is -3.76. The van der Waals surface area contributed by atoms with Crippen molar-refractivity contribution < 1.29 is 18.3 Å². The molecule has 0 spiro atoms. The van der Waals surface area contributed by atoms with Crippen LogP contribution in [-0.4, -0.2) is 70.9 Å². The van der Waals surface area contributed by atoms with Crippen molar-refractivity contribution in [2.45, 2.75) is 36.6 Å². The Kier molecular flexibility index (Phi) is 4.87. The van der Waals surface area contributed by atoms with Crippen molar-refractivity contribution in [1.82, 2.24) is 19.2 Å². The number of aromatic amines is 2. The summed E-state index contributed by atoms with van der Waals surface area (Å²) in [5, 5.41) is 10.1. The minimum absolute atomic E-state index is 0.0590. The number of rotatable bonds is 5. The topological polar surface area (TPSA) is 127 Å². The van der Waals surface area contributed by atoms with E-state index in [1.807, 2.05) is 0 Å². The number of carboxylic acids is 1. The van der Waals surface area contributed by atoms with Gasteiger partial charge in [-0.05, 0) is 57.0 Å². The lowest BCUT2D eigenvalue weighted by Crippen LogP contribution is -2.42. The van der Waals surface area contributed by atoms with E-state index in [4.69, 9.17) is 0 Å². The first-order chi connectivity index (χ1) is 14.9. The summed E-state index contributed by atoms with van der Waals surface area (Å²) in [5.41, 5.74) is 0.00526. The van der Waals surface area contributed by atoms with Gasteiger partial charge in [-0.25, -0.2) is 13.2 Å². The normalized spacial score (nSPS) is 20.8. The molecule has 2 saturated heterocycles. The second-order valence-corrected chi connectivity index (χ2v) is 10.2. The summed E-state index contributed by atoms with van der Waals surface area (Å²) in [6.45, 7) is 3.24. The van der Waals surface area contributed by atoms with E-state index >= 15 is 0 Å². The Morgan fingerprint density at radius 1 is 1.16 bits per heavy atom. The SMILES string of the molecule is O=C(O)c1c[nH]c2c(=O)[nH]c3ccc(S(=O)(=O)N4CCCC4CN4CCCC4)cc3c12. The Labute approximate surface area is 178 Å². The zero-order chi connectivity index (χ0) is 21.8. The first kappa shape index (κ1) is 20.2. The van der Waals surface area contributed by atoms with Crippen LogP contribution in [0.2, 0.25) is 0 Å². The van der Waals surface area contributed by atoms with Gasteiger partial charge in [-0.1, -0.05) is 0 Å². The number of benzene rings is 1. The second-order valence-electron chi connectivity index (χ2n) is 8.34. The van der Waals surface area contributed by atoms with Crippen LogP contribution in [0.4, 0.5) is 0 Å². The maximum Gasteiger partial charge on any atom is 0.337 e. The first-order valence-corrected chi connectivity index (χ1v) is 11.9. The molecule has 3 aromatic rings. The van der Waals surface area contributed by atoms with Crippen molar-refractivity contribution in [1.29, 1.82) is 0 Å². The molecule has 1 aromatic carbocycles. The number of aromatic nitrogens is 2. The Bertz CT molecular complexity index is 1340. The first-order valence-electron chi connectivity index (χ1n) is 10.5. The van der Waals surface area contributed by atoms with Gasteiger partial charge in [0.05, 0.1) is 10.5 Å². The van der Waals surface area contributed by atoms with Gasteiger partial charge in [0.2, 0.25) is 10.0 Å². The van der Waals surface area contributed by atoms with Crippen molar-refractivity contribution in [3.8, 4) is 0 Å². The zero-order valence-electron chi connectivity index (χ0n) is 16.9. The number of sulfonamides is 1. The Hall–Kier alpha value is -2.69. The molecule has 1 atom stereocenters. The van der Waals surface area contributed by atoms with Crippen molar-refractivity contribution >= 4 is 37.8 Å². The molecule has 10 heteroatoms. The van der Waals surface area contributed by atoms with E-state index in [2.05, 4.69) is 14.9 Å². The van der Waals surface area contributed by atoms with Crippen molar-refractivity contribution in [3.63, 3.8) is 0 Å². The highest BCUT2D eigenvalue weighted by molar-refractivity contribution is 7.89. The third-order valence-corrected chi connectivity index (χ3v) is 8.39. The predicted molar refractivity (Wildman–Crippen MR) is 116 cm³/mol. The predicted octanol–water partition coefficient (Wildman–Crippen LogP) is 1.96. The molecule has 0 saturated carbocycles. The smallest absolute Gasteiger partial charge is 0.337 e. The van der Waals surface area contributed by atoms with Crippen LogP contribution in [0.3, 0.4) is 0 Å². The molecule has 2 aliphatic heterocycles. The number of hydrogen-bond donors (Lipinski definition) is 3. The number of carboxylic acid groups (broad SMARTS) is 1. The molecule has 164 valence electrons. The Balaban J connectivity index is 1.60. The fraction of sp³-hybridized carbons (Fsp3) is 0.429. The van der Waals surface area contributed by atoms with E-state index < -0.39 is 21.6 Å². The number of pyridine rings is 1. The lowest BCUT2D eigenvalue weighted by molar-refractivity contribution is 0.0699. The maximum atomic E-state index is 13.5. The molecule has 31 heavy (non-hydrogen) atoms. The number of nitrogens with one attached hydrogen (secondary N) is 2. The van der Waals surface area contributed by atoms with E-state index in [0.29, 0.717) is 17.4 Å². The summed E-state index contributed by atoms with van der Waals surface area (Å²) in [5.74, 6) is -1.18. The van der Waals surface area contributed by atoms with E-state index in [0.717, 1.165) is 45.3 Å². The van der Waals surface area contributed by atoms with Crippen molar-refractivity contribution in [2.75, 3.05) is 26.2 Å². The van der Waals surface area contributed by atoms with Crippen LogP contribution >= 0.6 is 0 Å². The van der Waals surface area contributed by atoms with Gasteiger partial charge in [0.1, 0.15) is 5.52 Å². The summed E-state index contributed by atoms with van der Waals surface area (Å²) in [6, 6.07) is 4.44. The van der Waals surface area contributed by atoms with E-state index in [9.17, 15) is 23.1 Å². The summed E-state index contributed by atoms with van der Waals surface area (Å²) in [4.78, 5) is 31.8. The monoisotopic (exact) mass is 444 g/mol. The molecule has 0 radical (unpaired) electrons. The summed E-state index contributed by atoms with van der Waals surface area (Å²) < 4.78 is 28.7. The highest BCUT2D eigenvalue weighted by Crippen LogP contribution is 2.31. The quantitative estimate of drug-likeness (QED) is 0.552. The number of likely N-dealkylation sites (tertiary alicyclic amines) is 1. The average Bonchev–Trinajstić information content (AvgIpc) is 3.49. The average molecular weight is 445 g/mol. The molecule has 0 bridgehead atoms. The van der Waals surface area contributed by atoms with Crippen LogP contribution in [-0.2, 0) is 10.0 Å². The van der Waals surface area contributed by atoms with Crippen LogP contribution in [0, 0.1) is 0 Å². The van der Waals surface area contributed by atoms with E-state index in [-0.39, 0.29) is 27.4 Å². The van der Waals surface area contributed by atoms with Crippen LogP contribution in [0.15, 0.2) is 34.1 Å². The minimum Gasteiger partial charge on any atom is -0.478 e. The van der Waals surface area contributed by atoms with Gasteiger partial charge >= 0.3 is 5.97 Å². The van der Waals surface area contributed by atoms with Crippen molar-refractivity contribution in [2.24, 2.45) is 0 Å². The fourth-order valence-electron chi connectivity index (χ4n) is 4.94. The molecule has 2 aromatic heterocycles. The van der Waals surface area contributed by atoms with Gasteiger partial charge in [-0.15, -0.1) is 0 Å². The third kappa shape index (κ3) is 3.35. The standard InChI is InChI=1S/C21H24N4O5S/c26-20-19-18(16(11-22-19)21(27)28)15-10-14(5-6-17(15)23-20)31(29,30)25-9-3-4-13(25)12-24-7-1-2-8-24/h5-6,10-11,13,22H,1-4,7-9,12H2,(H,23,26)(H,27,28). The van der Waals surface area contributed by atoms with Gasteiger partial charge in [-0.2, -0.15) is 4.31 Å². The number of aromatic carboxylic acids is 1. The zero-order valence-corrected chi connectivity index (χ0v) is 17.7. The van der Waals surface area contributed by atoms with Crippen LogP contribution in [0.25, 0.3) is 21.8 Å². The largest absolute Gasteiger partial charge is 0.478 e. The van der Waals surface area contributed by atoms with Gasteiger partial charge in [0, 0.05) is 41.6 Å². The molecular formula is C21H24N4O5S. The second kappa shape index (κ2) is 7.47. The molecule has 0 amide bonds. The highest BCUT2D eigenvalue weighted by atomic mass is 32.2. The van der Waals surface area contributed by atoms with Crippen molar-refractivity contribution in [3.05, 3.63) is 40.3 Å². The maximum absolute atomic E-state index is 13.5. The molecule has 2 aliphatic rings. The van der Waals surface area contributed by atoms with E-state index in [1.165, 1.54) is 24.4 Å². The number of carbonyl (C=O) groups is 1. The van der Waals surface area contributed by atoms with E-state index in [1.54, 1.807) is 4.31 Å². The van der Waals surface area contributed by atoms with Crippen LogP contribution < -0.4 is 5.56 Å². The summed E-state index contributed by atoms with van der Waals surface area (Å²) in [6.07, 6.45) is 5.23. The third-order valence-electron chi connectivity index (χ3n) is 6.44. The summed E-state index contributed by atoms with van der Waals surface area (Å²) >= 11 is 0. The molecule has 2 fully saturated rings. The molecule has 1 unspecified atom stereocenters. The Morgan fingerprint density at radius 3 is 2.68 bits per heavy atom. The van der Waals surface area contributed by atoms with Crippen LogP contribution in [0.1, 0.15) is 36.0 Å². The molecule has 0 aliphatic carbocycles. The van der Waals surface area contributed by atoms with Gasteiger partial charge < -0.3 is 20.0 Å². The lowest BCUT2D eigenvalue weighted by Gasteiger charge is -2.28. The molecule has 4 heterocycles. The molecule has 5 rings (SSSR count). The summed E-state index contributed by atoms with van der Waals surface area (Å²) in [7, 11) is -3.76. The fourth-order valence-corrected chi connectivity index (χ4v) is 6.65. The highest BCUT2D eigenvalue weighted by Gasteiger charge is 2.36. The number of H-pyrrole nitrogens is 2. The number of nitrogens with zero attached hydrogens (tertiary/aromatic N) is 2. The van der Waals surface area contributed by atoms with Gasteiger partial charge in [0.15, 0.2) is 0 Å². The number of fused-ring (bicyclic) bond motifs is 3. The van der Waals surface area contributed by atoms with Gasteiger partial charge in [0.25, 0.3) is 5.56 Å². The van der Waals surface area contributed by atoms with Crippen LogP contribution in [0.5, 0.6) is 0 Å². The molecular weight excluding hydrogens is 420 g/mol. The lowest BCUT2D eigenvalue weighted by atomic mass is 10.1. The molecule has 3 N–H and O–H groups in total. The van der Waals surface area contributed by atoms with Gasteiger partial charge in [-0.3, -0.25) is 4.79 Å². The number of hydrogen-bond acceptors (Lipinski definition) is 5. The Morgan fingerprint density at radius 2 is 1.94 bits per heavy atom.